The van der Waals surface area contributed by atoms with Crippen LogP contribution in [0.5, 0.6) is 17.2 Å². The lowest BCUT2D eigenvalue weighted by molar-refractivity contribution is -0.123. The van der Waals surface area contributed by atoms with E-state index in [-0.39, 0.29) is 18.2 Å². The Morgan fingerprint density at radius 3 is 2.90 bits per heavy atom. The molecular weight excluding hydrogens is 515 g/mol. The van der Waals surface area contributed by atoms with Gasteiger partial charge in [-0.25, -0.2) is 4.98 Å². The van der Waals surface area contributed by atoms with E-state index in [9.17, 15) is 9.59 Å². The van der Waals surface area contributed by atoms with Gasteiger partial charge in [-0.1, -0.05) is 18.2 Å². The first-order valence-electron chi connectivity index (χ1n) is 13.2. The number of hydrogen-bond donors (Lipinski definition) is 1. The number of rotatable bonds is 2. The maximum absolute atomic E-state index is 15.5. The minimum Gasteiger partial charge on any atom is -0.494 e. The third-order valence-corrected chi connectivity index (χ3v) is 7.27. The summed E-state index contributed by atoms with van der Waals surface area (Å²) < 4.78 is 34.3. The molecule has 2 aromatic carbocycles. The molecule has 40 heavy (non-hydrogen) atoms. The highest BCUT2D eigenvalue weighted by atomic mass is 19.1. The first-order chi connectivity index (χ1) is 19.4. The molecule has 0 aliphatic carbocycles. The number of amides is 2. The third kappa shape index (κ3) is 4.70. The Bertz CT molecular complexity index is 1620. The average Bonchev–Trinajstić information content (AvgIpc) is 3.29. The van der Waals surface area contributed by atoms with E-state index in [0.29, 0.717) is 55.4 Å². The minimum absolute atomic E-state index is 0.157. The molecule has 206 valence electrons. The quantitative estimate of drug-likeness (QED) is 0.412. The molecule has 4 aromatic rings. The van der Waals surface area contributed by atoms with Gasteiger partial charge in [-0.3, -0.25) is 14.0 Å². The van der Waals surface area contributed by atoms with Crippen LogP contribution in [-0.2, 0) is 11.2 Å². The second-order valence-electron chi connectivity index (χ2n) is 9.95. The van der Waals surface area contributed by atoms with Crippen LogP contribution in [0.2, 0.25) is 0 Å². The predicted octanol–water partition coefficient (Wildman–Crippen LogP) is 3.86. The number of nitrogens with one attached hydrogen (secondary N) is 1. The average molecular weight is 545 g/mol. The Morgan fingerprint density at radius 2 is 2.05 bits per heavy atom. The Hall–Kier alpha value is -4.60. The van der Waals surface area contributed by atoms with E-state index in [1.807, 2.05) is 49.4 Å². The van der Waals surface area contributed by atoms with Crippen molar-refractivity contribution < 1.29 is 28.2 Å². The molecule has 2 amide bonds. The van der Waals surface area contributed by atoms with Crippen LogP contribution >= 0.6 is 0 Å². The highest BCUT2D eigenvalue weighted by Crippen LogP contribution is 2.42. The monoisotopic (exact) mass is 544 g/mol. The van der Waals surface area contributed by atoms with Gasteiger partial charge in [0.15, 0.2) is 23.8 Å². The van der Waals surface area contributed by atoms with Crippen LogP contribution < -0.4 is 19.5 Å². The van der Waals surface area contributed by atoms with Crippen LogP contribution in [0.1, 0.15) is 45.2 Å². The van der Waals surface area contributed by atoms with Crippen molar-refractivity contribution in [1.82, 2.24) is 19.6 Å². The van der Waals surface area contributed by atoms with E-state index in [0.717, 1.165) is 22.3 Å². The molecule has 7 rings (SSSR count). The number of aryl methyl sites for hydroxylation is 1. The zero-order valence-corrected chi connectivity index (χ0v) is 22.3. The normalized spacial score (nSPS) is 17.2. The predicted molar refractivity (Wildman–Crippen MR) is 145 cm³/mol. The Balaban J connectivity index is 1.48. The van der Waals surface area contributed by atoms with Gasteiger partial charge in [0.1, 0.15) is 11.4 Å². The first kappa shape index (κ1) is 25.7. The van der Waals surface area contributed by atoms with Crippen molar-refractivity contribution in [2.75, 3.05) is 33.4 Å². The summed E-state index contributed by atoms with van der Waals surface area (Å²) in [7, 11) is 1.52. The molecule has 9 nitrogen and oxygen atoms in total. The first-order valence-corrected chi connectivity index (χ1v) is 13.2. The zero-order valence-electron chi connectivity index (χ0n) is 22.3. The number of fused-ring (bicyclic) bond motifs is 9. The Kier molecular flexibility index (Phi) is 6.75. The van der Waals surface area contributed by atoms with Crippen molar-refractivity contribution in [3.8, 4) is 17.2 Å². The van der Waals surface area contributed by atoms with Gasteiger partial charge in [0.25, 0.3) is 11.8 Å². The number of pyridine rings is 1. The van der Waals surface area contributed by atoms with E-state index < -0.39 is 17.9 Å². The van der Waals surface area contributed by atoms with Crippen molar-refractivity contribution in [3.05, 3.63) is 88.6 Å². The standard InChI is InChI=1S/C30H29FN4O5/c1-18-7-8-25-33-27(29(31)35(25)16-18)30(37)34-11-9-19-14-24-23(38-2)15-22(19)28(34)20-5-3-6-21(13-20)39-12-4-10-32-26(36)17-40-24/h3,5-8,13-16,28H,4,9-12,17H2,1-2H3,(H,32,36). The van der Waals surface area contributed by atoms with Crippen LogP contribution in [-0.4, -0.2) is 59.5 Å². The van der Waals surface area contributed by atoms with Gasteiger partial charge in [0.05, 0.1) is 19.8 Å². The van der Waals surface area contributed by atoms with Crippen LogP contribution in [0, 0.1) is 12.9 Å². The topological polar surface area (TPSA) is 94.4 Å². The maximum Gasteiger partial charge on any atom is 0.278 e. The number of carbonyl (C=O) groups is 2. The molecular formula is C30H29FN4O5. The fourth-order valence-electron chi connectivity index (χ4n) is 5.33. The van der Waals surface area contributed by atoms with E-state index in [1.165, 1.54) is 11.5 Å². The summed E-state index contributed by atoms with van der Waals surface area (Å²) in [6.45, 7) is 2.86. The van der Waals surface area contributed by atoms with Crippen LogP contribution in [0.15, 0.2) is 54.7 Å². The number of hydrogen-bond acceptors (Lipinski definition) is 6. The van der Waals surface area contributed by atoms with Crippen LogP contribution in [0.3, 0.4) is 0 Å². The lowest BCUT2D eigenvalue weighted by atomic mass is 9.87. The molecule has 0 fully saturated rings. The maximum atomic E-state index is 15.5. The molecule has 10 heteroatoms. The zero-order chi connectivity index (χ0) is 27.8. The second kappa shape index (κ2) is 10.5. The number of benzene rings is 2. The van der Waals surface area contributed by atoms with Gasteiger partial charge in [0, 0.05) is 19.3 Å². The highest BCUT2D eigenvalue weighted by molar-refractivity contribution is 5.94. The number of imidazole rings is 1. The fourth-order valence-corrected chi connectivity index (χ4v) is 5.33. The summed E-state index contributed by atoms with van der Waals surface area (Å²) in [5.41, 5.74) is 3.55. The molecule has 0 radical (unpaired) electrons. The summed E-state index contributed by atoms with van der Waals surface area (Å²) in [4.78, 5) is 32.3. The number of carbonyl (C=O) groups excluding carboxylic acids is 2. The van der Waals surface area contributed by atoms with Gasteiger partial charge < -0.3 is 24.4 Å². The van der Waals surface area contributed by atoms with Gasteiger partial charge >= 0.3 is 0 Å². The second-order valence-corrected chi connectivity index (χ2v) is 9.95. The molecule has 3 aliphatic heterocycles. The lowest BCUT2D eigenvalue weighted by Crippen LogP contribution is -2.41. The van der Waals surface area contributed by atoms with Crippen molar-refractivity contribution in [3.63, 3.8) is 0 Å². The van der Waals surface area contributed by atoms with E-state index in [4.69, 9.17) is 14.2 Å². The number of methoxy groups -OCH3 is 1. The van der Waals surface area contributed by atoms with Crippen LogP contribution in [0.25, 0.3) is 5.65 Å². The molecule has 1 atom stereocenters. The highest BCUT2D eigenvalue weighted by Gasteiger charge is 2.36. The molecule has 5 heterocycles. The molecule has 6 bridgehead atoms. The molecule has 1 N–H and O–H groups in total. The molecule has 0 spiro atoms. The van der Waals surface area contributed by atoms with E-state index in [2.05, 4.69) is 10.3 Å². The Labute approximate surface area is 230 Å². The number of ether oxygens (including phenoxy) is 3. The van der Waals surface area contributed by atoms with E-state index in [1.54, 1.807) is 17.2 Å². The SMILES string of the molecule is COc1cc2c3cc1OCC(=O)NCCCOc1cccc(c1)C2N(C(=O)c1nc2ccc(C)cn2c1F)CC3. The summed E-state index contributed by atoms with van der Waals surface area (Å²) in [6, 6.07) is 14.2. The largest absolute Gasteiger partial charge is 0.494 e. The molecule has 2 aromatic heterocycles. The van der Waals surface area contributed by atoms with Crippen molar-refractivity contribution in [2.24, 2.45) is 0 Å². The lowest BCUT2D eigenvalue weighted by Gasteiger charge is -2.38. The smallest absolute Gasteiger partial charge is 0.278 e. The minimum atomic E-state index is -0.695. The molecule has 3 aliphatic rings. The van der Waals surface area contributed by atoms with Crippen molar-refractivity contribution in [2.45, 2.75) is 25.8 Å². The number of nitrogens with zero attached hydrogens (tertiary/aromatic N) is 3. The van der Waals surface area contributed by atoms with Gasteiger partial charge in [-0.2, -0.15) is 4.39 Å². The van der Waals surface area contributed by atoms with Gasteiger partial charge in [0.2, 0.25) is 5.95 Å². The van der Waals surface area contributed by atoms with Crippen molar-refractivity contribution >= 4 is 17.5 Å². The fraction of sp³-hybridized carbons (Fsp3) is 0.300. The summed E-state index contributed by atoms with van der Waals surface area (Å²) >= 11 is 0. The Morgan fingerprint density at radius 1 is 1.18 bits per heavy atom. The van der Waals surface area contributed by atoms with Crippen LogP contribution in [0.4, 0.5) is 4.39 Å². The van der Waals surface area contributed by atoms with E-state index >= 15 is 4.39 Å². The number of aromatic nitrogens is 2. The molecule has 1 unspecified atom stereocenters. The van der Waals surface area contributed by atoms with Gasteiger partial charge in [-0.05, 0) is 72.4 Å². The van der Waals surface area contributed by atoms with Crippen molar-refractivity contribution in [1.29, 1.82) is 0 Å². The third-order valence-electron chi connectivity index (χ3n) is 7.27. The molecule has 0 saturated carbocycles. The summed E-state index contributed by atoms with van der Waals surface area (Å²) in [5, 5.41) is 2.83. The number of halogens is 1. The van der Waals surface area contributed by atoms with Gasteiger partial charge in [-0.15, -0.1) is 0 Å². The summed E-state index contributed by atoms with van der Waals surface area (Å²) in [5.74, 6) is 0.0659. The molecule has 0 saturated heterocycles. The summed E-state index contributed by atoms with van der Waals surface area (Å²) in [6.07, 6.45) is 2.73.